The number of amides is 3. The number of hydrogen-bond acceptors (Lipinski definition) is 6. The van der Waals surface area contributed by atoms with Crippen LogP contribution in [-0.4, -0.2) is 73.6 Å². The van der Waals surface area contributed by atoms with E-state index in [1.807, 2.05) is 58.3 Å². The first kappa shape index (κ1) is 26.6. The number of ether oxygens (including phenoxy) is 2. The molecular formula is C30H35N3O6. The number of nitrogens with zero attached hydrogens (tertiary/aromatic N) is 2. The monoisotopic (exact) mass is 533 g/mol. The third-order valence-electron chi connectivity index (χ3n) is 7.95. The molecule has 2 aromatic carbocycles. The van der Waals surface area contributed by atoms with Crippen LogP contribution in [0.1, 0.15) is 42.3 Å². The van der Waals surface area contributed by atoms with E-state index in [4.69, 9.17) is 13.9 Å². The van der Waals surface area contributed by atoms with Crippen molar-refractivity contribution >= 4 is 28.9 Å². The first-order valence-corrected chi connectivity index (χ1v) is 13.5. The fourth-order valence-electron chi connectivity index (χ4n) is 5.76. The molecule has 9 nitrogen and oxygen atoms in total. The number of carbonyl (C=O) groups is 3. The minimum atomic E-state index is -0.701. The van der Waals surface area contributed by atoms with Gasteiger partial charge in [0.1, 0.15) is 6.04 Å². The summed E-state index contributed by atoms with van der Waals surface area (Å²) < 4.78 is 16.3. The van der Waals surface area contributed by atoms with Gasteiger partial charge in [0, 0.05) is 38.0 Å². The van der Waals surface area contributed by atoms with Gasteiger partial charge < -0.3 is 29.0 Å². The van der Waals surface area contributed by atoms with Gasteiger partial charge in [-0.25, -0.2) is 4.79 Å². The summed E-state index contributed by atoms with van der Waals surface area (Å²) in [6.07, 6.45) is 2.30. The molecule has 2 aliphatic heterocycles. The largest absolute Gasteiger partial charge is 0.493 e. The van der Waals surface area contributed by atoms with Crippen LogP contribution in [0.2, 0.25) is 0 Å². The average molecular weight is 534 g/mol. The maximum Gasteiger partial charge on any atom is 0.407 e. The van der Waals surface area contributed by atoms with Crippen molar-refractivity contribution in [3.8, 4) is 5.75 Å². The number of furan rings is 1. The molecule has 3 aromatic rings. The maximum atomic E-state index is 13.6. The van der Waals surface area contributed by atoms with Crippen molar-refractivity contribution in [2.24, 2.45) is 5.41 Å². The molecule has 2 saturated heterocycles. The number of benzene rings is 2. The molecule has 9 heteroatoms. The van der Waals surface area contributed by atoms with E-state index in [-0.39, 0.29) is 23.8 Å². The Kier molecular flexibility index (Phi) is 7.77. The molecule has 1 spiro atoms. The van der Waals surface area contributed by atoms with Crippen LogP contribution in [0.5, 0.6) is 5.75 Å². The number of para-hydroxylation sites is 1. The topological polar surface area (TPSA) is 101 Å². The predicted molar refractivity (Wildman–Crippen MR) is 146 cm³/mol. The lowest BCUT2D eigenvalue weighted by Crippen LogP contribution is -2.50. The summed E-state index contributed by atoms with van der Waals surface area (Å²) in [5.41, 5.74) is 1.50. The second-order valence-corrected chi connectivity index (χ2v) is 10.4. The maximum absolute atomic E-state index is 13.6. The van der Waals surface area contributed by atoms with E-state index in [9.17, 15) is 14.4 Å². The van der Waals surface area contributed by atoms with Gasteiger partial charge in [-0.15, -0.1) is 0 Å². The molecular weight excluding hydrogens is 498 g/mol. The zero-order chi connectivity index (χ0) is 27.4. The molecule has 1 aromatic heterocycles. The first-order chi connectivity index (χ1) is 18.9. The lowest BCUT2D eigenvalue weighted by molar-refractivity contribution is -0.132. The number of fused-ring (bicyclic) bond motifs is 1. The van der Waals surface area contributed by atoms with Gasteiger partial charge in [0.15, 0.2) is 17.1 Å². The Labute approximate surface area is 228 Å². The summed E-state index contributed by atoms with van der Waals surface area (Å²) in [5, 5.41) is 3.60. The molecule has 0 aliphatic carbocycles. The molecule has 39 heavy (non-hydrogen) atoms. The molecule has 3 amide bonds. The van der Waals surface area contributed by atoms with Crippen LogP contribution in [-0.2, 0) is 16.0 Å². The van der Waals surface area contributed by atoms with E-state index < -0.39 is 12.1 Å². The van der Waals surface area contributed by atoms with E-state index in [1.165, 1.54) is 0 Å². The zero-order valence-electron chi connectivity index (χ0n) is 22.5. The number of hydrogen-bond donors (Lipinski definition) is 1. The zero-order valence-corrected chi connectivity index (χ0v) is 22.5. The van der Waals surface area contributed by atoms with Crippen molar-refractivity contribution in [2.45, 2.75) is 38.6 Å². The van der Waals surface area contributed by atoms with Crippen LogP contribution in [0.4, 0.5) is 4.79 Å². The number of methoxy groups -OCH3 is 1. The fourth-order valence-corrected chi connectivity index (χ4v) is 5.76. The molecule has 0 radical (unpaired) electrons. The van der Waals surface area contributed by atoms with Crippen LogP contribution in [0.15, 0.2) is 59.0 Å². The Balaban J connectivity index is 1.22. The van der Waals surface area contributed by atoms with Gasteiger partial charge >= 0.3 is 6.09 Å². The molecule has 3 heterocycles. The lowest BCUT2D eigenvalue weighted by Gasteiger charge is -2.39. The van der Waals surface area contributed by atoms with Crippen LogP contribution in [0, 0.1) is 5.41 Å². The number of piperidine rings is 1. The van der Waals surface area contributed by atoms with Gasteiger partial charge in [-0.05, 0) is 49.3 Å². The SMILES string of the molecule is CCOC(=O)NC(Cc1ccccc1)C(=O)N1CCC2(CCN(C(=O)c3cc4cccc(OC)c4o3)CC2)C1. The smallest absolute Gasteiger partial charge is 0.407 e. The van der Waals surface area contributed by atoms with E-state index >= 15 is 0 Å². The number of alkyl carbamates (subject to hydrolysis) is 1. The molecule has 1 atom stereocenters. The molecule has 5 rings (SSSR count). The standard InChI is InChI=1S/C30H35N3O6/c1-3-38-29(36)31-23(18-21-8-5-4-6-9-21)27(34)33-17-14-30(20-33)12-15-32(16-13-30)28(35)25-19-22-10-7-11-24(37-2)26(22)39-25/h4-11,19,23H,3,12-18,20H2,1-2H3,(H,31,36). The minimum Gasteiger partial charge on any atom is -0.493 e. The van der Waals surface area contributed by atoms with E-state index in [0.29, 0.717) is 49.7 Å². The van der Waals surface area contributed by atoms with E-state index in [2.05, 4.69) is 5.32 Å². The summed E-state index contributed by atoms with van der Waals surface area (Å²) >= 11 is 0. The van der Waals surface area contributed by atoms with Gasteiger partial charge in [-0.2, -0.15) is 0 Å². The van der Waals surface area contributed by atoms with Crippen LogP contribution >= 0.6 is 0 Å². The summed E-state index contributed by atoms with van der Waals surface area (Å²) in [6, 6.07) is 16.3. The van der Waals surface area contributed by atoms with Crippen LogP contribution in [0.25, 0.3) is 11.0 Å². The van der Waals surface area contributed by atoms with Crippen molar-refractivity contribution in [3.63, 3.8) is 0 Å². The van der Waals surface area contributed by atoms with Gasteiger partial charge in [-0.1, -0.05) is 42.5 Å². The van der Waals surface area contributed by atoms with Crippen molar-refractivity contribution in [1.29, 1.82) is 0 Å². The predicted octanol–water partition coefficient (Wildman–Crippen LogP) is 4.25. The summed E-state index contributed by atoms with van der Waals surface area (Å²) in [5.74, 6) is 0.680. The van der Waals surface area contributed by atoms with Gasteiger partial charge in [0.25, 0.3) is 5.91 Å². The summed E-state index contributed by atoms with van der Waals surface area (Å²) in [6.45, 7) is 4.42. The van der Waals surface area contributed by atoms with Gasteiger partial charge in [-0.3, -0.25) is 9.59 Å². The molecule has 1 N–H and O–H groups in total. The van der Waals surface area contributed by atoms with Crippen molar-refractivity contribution in [1.82, 2.24) is 15.1 Å². The van der Waals surface area contributed by atoms with Crippen LogP contribution < -0.4 is 10.1 Å². The van der Waals surface area contributed by atoms with E-state index in [1.54, 1.807) is 20.1 Å². The highest BCUT2D eigenvalue weighted by Crippen LogP contribution is 2.41. The highest BCUT2D eigenvalue weighted by molar-refractivity contribution is 5.97. The van der Waals surface area contributed by atoms with Crippen molar-refractivity contribution in [2.75, 3.05) is 39.9 Å². The number of carbonyl (C=O) groups excluding carboxylic acids is 3. The normalized spacial score (nSPS) is 17.3. The summed E-state index contributed by atoms with van der Waals surface area (Å²) in [7, 11) is 1.58. The third kappa shape index (κ3) is 5.72. The Morgan fingerprint density at radius 3 is 2.41 bits per heavy atom. The highest BCUT2D eigenvalue weighted by Gasteiger charge is 2.44. The number of likely N-dealkylation sites (tertiary alicyclic amines) is 2. The fraction of sp³-hybridized carbons (Fsp3) is 0.433. The van der Waals surface area contributed by atoms with Gasteiger partial charge in [0.05, 0.1) is 13.7 Å². The first-order valence-electron chi connectivity index (χ1n) is 13.5. The molecule has 0 saturated carbocycles. The molecule has 2 aliphatic rings. The molecule has 1 unspecified atom stereocenters. The molecule has 0 bridgehead atoms. The van der Waals surface area contributed by atoms with Crippen molar-refractivity contribution < 1.29 is 28.3 Å². The third-order valence-corrected chi connectivity index (χ3v) is 7.95. The summed E-state index contributed by atoms with van der Waals surface area (Å²) in [4.78, 5) is 42.7. The Morgan fingerprint density at radius 2 is 1.72 bits per heavy atom. The lowest BCUT2D eigenvalue weighted by atomic mass is 9.77. The Bertz CT molecular complexity index is 1330. The van der Waals surface area contributed by atoms with Crippen LogP contribution in [0.3, 0.4) is 0 Å². The van der Waals surface area contributed by atoms with Gasteiger partial charge in [0.2, 0.25) is 5.91 Å². The van der Waals surface area contributed by atoms with E-state index in [0.717, 1.165) is 30.2 Å². The van der Waals surface area contributed by atoms with Crippen molar-refractivity contribution in [3.05, 3.63) is 65.9 Å². The second kappa shape index (κ2) is 11.4. The molecule has 206 valence electrons. The second-order valence-electron chi connectivity index (χ2n) is 10.4. The Morgan fingerprint density at radius 1 is 1.00 bits per heavy atom. The quantitative estimate of drug-likeness (QED) is 0.487. The molecule has 2 fully saturated rings. The Hall–Kier alpha value is -4.01. The highest BCUT2D eigenvalue weighted by atomic mass is 16.5. The average Bonchev–Trinajstić information content (AvgIpc) is 3.58. The number of rotatable bonds is 7. The number of nitrogens with one attached hydrogen (secondary N) is 1. The minimum absolute atomic E-state index is 0.0369.